The van der Waals surface area contributed by atoms with Crippen molar-refractivity contribution in [3.05, 3.63) is 90.4 Å². The lowest BCUT2D eigenvalue weighted by Crippen LogP contribution is -2.13. The summed E-state index contributed by atoms with van der Waals surface area (Å²) in [5.41, 5.74) is 5.52. The topological polar surface area (TPSA) is 43.9 Å². The number of halogens is 1. The fraction of sp³-hybridized carbons (Fsp3) is 0.143. The van der Waals surface area contributed by atoms with Crippen LogP contribution in [0, 0.1) is 5.82 Å². The van der Waals surface area contributed by atoms with E-state index in [9.17, 15) is 4.39 Å². The van der Waals surface area contributed by atoms with E-state index in [1.165, 1.54) is 12.1 Å². The molecule has 4 nitrogen and oxygen atoms in total. The summed E-state index contributed by atoms with van der Waals surface area (Å²) in [6.45, 7) is 6.43. The fourth-order valence-corrected chi connectivity index (χ4v) is 4.35. The molecule has 0 fully saturated rings. The van der Waals surface area contributed by atoms with Gasteiger partial charge in [0.05, 0.1) is 11.1 Å². The van der Waals surface area contributed by atoms with Crippen molar-refractivity contribution < 1.29 is 8.81 Å². The highest BCUT2D eigenvalue weighted by atomic mass is 19.1. The van der Waals surface area contributed by atoms with Gasteiger partial charge in [0.1, 0.15) is 17.0 Å². The minimum atomic E-state index is -0.321. The number of rotatable bonds is 2. The molecule has 33 heavy (non-hydrogen) atoms. The standard InChI is InChI=1S/C28H22FN3O/c1-28(2,3)24-15-14-22-26(30-24)31-27(32(22)18-8-5-4-6-9-18)21-11-7-10-20-19-13-12-17(29)16-23(19)33-25(20)21/h4-16H,1-3H3. The lowest BCUT2D eigenvalue weighted by Gasteiger charge is -2.17. The van der Waals surface area contributed by atoms with Crippen LogP contribution in [0.3, 0.4) is 0 Å². The predicted octanol–water partition coefficient (Wildman–Crippen LogP) is 7.42. The number of imidazole rings is 1. The monoisotopic (exact) mass is 435 g/mol. The first-order valence-corrected chi connectivity index (χ1v) is 11.0. The maximum Gasteiger partial charge on any atom is 0.178 e. The van der Waals surface area contributed by atoms with Crippen LogP contribution in [0.15, 0.2) is 83.3 Å². The largest absolute Gasteiger partial charge is 0.455 e. The molecule has 5 heteroatoms. The number of hydrogen-bond donors (Lipinski definition) is 0. The summed E-state index contributed by atoms with van der Waals surface area (Å²) in [6.07, 6.45) is 0. The highest BCUT2D eigenvalue weighted by molar-refractivity contribution is 6.09. The van der Waals surface area contributed by atoms with Crippen LogP contribution in [-0.4, -0.2) is 14.5 Å². The number of furan rings is 1. The zero-order valence-corrected chi connectivity index (χ0v) is 18.6. The second kappa shape index (κ2) is 7.01. The van der Waals surface area contributed by atoms with Gasteiger partial charge in [-0.1, -0.05) is 51.1 Å². The zero-order valence-electron chi connectivity index (χ0n) is 18.6. The van der Waals surface area contributed by atoms with Crippen molar-refractivity contribution in [1.82, 2.24) is 14.5 Å². The van der Waals surface area contributed by atoms with Crippen LogP contribution in [0.2, 0.25) is 0 Å². The van der Waals surface area contributed by atoms with Crippen LogP contribution in [0.5, 0.6) is 0 Å². The molecule has 0 bridgehead atoms. The average molecular weight is 436 g/mol. The quantitative estimate of drug-likeness (QED) is 0.284. The molecule has 0 aliphatic heterocycles. The Morgan fingerprint density at radius 3 is 2.42 bits per heavy atom. The van der Waals surface area contributed by atoms with Gasteiger partial charge in [-0.05, 0) is 42.5 Å². The molecule has 6 rings (SSSR count). The van der Waals surface area contributed by atoms with Gasteiger partial charge in [-0.3, -0.25) is 4.57 Å². The maximum absolute atomic E-state index is 13.9. The number of fused-ring (bicyclic) bond motifs is 4. The molecule has 3 aromatic carbocycles. The highest BCUT2D eigenvalue weighted by Crippen LogP contribution is 2.38. The van der Waals surface area contributed by atoms with Crippen molar-refractivity contribution in [1.29, 1.82) is 0 Å². The predicted molar refractivity (Wildman–Crippen MR) is 130 cm³/mol. The number of pyridine rings is 1. The highest BCUT2D eigenvalue weighted by Gasteiger charge is 2.22. The summed E-state index contributed by atoms with van der Waals surface area (Å²) >= 11 is 0. The molecule has 0 N–H and O–H groups in total. The summed E-state index contributed by atoms with van der Waals surface area (Å²) in [7, 11) is 0. The molecule has 0 aliphatic carbocycles. The summed E-state index contributed by atoms with van der Waals surface area (Å²) in [6, 6.07) is 24.9. The molecule has 0 saturated carbocycles. The second-order valence-electron chi connectivity index (χ2n) is 9.32. The number of para-hydroxylation sites is 2. The third kappa shape index (κ3) is 3.11. The van der Waals surface area contributed by atoms with Crippen LogP contribution in [0.4, 0.5) is 4.39 Å². The molecule has 0 aliphatic rings. The van der Waals surface area contributed by atoms with Gasteiger partial charge in [0.15, 0.2) is 11.5 Å². The van der Waals surface area contributed by atoms with Crippen molar-refractivity contribution in [2.45, 2.75) is 26.2 Å². The van der Waals surface area contributed by atoms with Crippen LogP contribution in [0.25, 0.3) is 50.2 Å². The van der Waals surface area contributed by atoms with E-state index in [1.54, 1.807) is 6.07 Å². The molecule has 3 heterocycles. The van der Waals surface area contributed by atoms with Crippen LogP contribution in [-0.2, 0) is 5.41 Å². The molecule has 0 atom stereocenters. The lowest BCUT2D eigenvalue weighted by atomic mass is 9.92. The summed E-state index contributed by atoms with van der Waals surface area (Å²) in [4.78, 5) is 9.89. The Labute approximate surface area is 190 Å². The molecular weight excluding hydrogens is 413 g/mol. The Bertz CT molecular complexity index is 1660. The molecular formula is C28H22FN3O. The Kier molecular flexibility index (Phi) is 4.18. The number of nitrogens with zero attached hydrogens (tertiary/aromatic N) is 3. The molecule has 162 valence electrons. The van der Waals surface area contributed by atoms with Gasteiger partial charge in [-0.15, -0.1) is 0 Å². The van der Waals surface area contributed by atoms with Crippen molar-refractivity contribution >= 4 is 33.1 Å². The van der Waals surface area contributed by atoms with E-state index >= 15 is 0 Å². The van der Waals surface area contributed by atoms with E-state index in [1.807, 2.05) is 36.4 Å². The fourth-order valence-electron chi connectivity index (χ4n) is 4.35. The normalized spacial score (nSPS) is 12.2. The van der Waals surface area contributed by atoms with Crippen LogP contribution in [0.1, 0.15) is 26.5 Å². The van der Waals surface area contributed by atoms with Crippen molar-refractivity contribution in [2.75, 3.05) is 0 Å². The summed E-state index contributed by atoms with van der Waals surface area (Å²) in [5, 5.41) is 1.81. The Balaban J connectivity index is 1.70. The van der Waals surface area contributed by atoms with E-state index in [0.29, 0.717) is 16.8 Å². The number of benzene rings is 3. The van der Waals surface area contributed by atoms with Gasteiger partial charge in [0.2, 0.25) is 0 Å². The van der Waals surface area contributed by atoms with E-state index in [4.69, 9.17) is 14.4 Å². The molecule has 0 amide bonds. The number of hydrogen-bond acceptors (Lipinski definition) is 3. The lowest BCUT2D eigenvalue weighted by molar-refractivity contribution is 0.571. The Morgan fingerprint density at radius 2 is 1.64 bits per heavy atom. The van der Waals surface area contributed by atoms with Gasteiger partial charge in [0, 0.05) is 33.6 Å². The minimum absolute atomic E-state index is 0.0896. The third-order valence-electron chi connectivity index (χ3n) is 6.00. The van der Waals surface area contributed by atoms with E-state index in [0.717, 1.165) is 39.1 Å². The van der Waals surface area contributed by atoms with Gasteiger partial charge in [-0.2, -0.15) is 0 Å². The molecule has 0 saturated heterocycles. The molecule has 0 unspecified atom stereocenters. The van der Waals surface area contributed by atoms with Crippen molar-refractivity contribution in [3.8, 4) is 17.1 Å². The summed E-state index contributed by atoms with van der Waals surface area (Å²) < 4.78 is 22.1. The smallest absolute Gasteiger partial charge is 0.178 e. The SMILES string of the molecule is CC(C)(C)c1ccc2c(n1)nc(-c1cccc3c1oc1cc(F)ccc13)n2-c1ccccc1. The van der Waals surface area contributed by atoms with Crippen molar-refractivity contribution in [2.24, 2.45) is 0 Å². The van der Waals surface area contributed by atoms with Gasteiger partial charge in [-0.25, -0.2) is 14.4 Å². The Morgan fingerprint density at radius 1 is 0.818 bits per heavy atom. The van der Waals surface area contributed by atoms with Gasteiger partial charge < -0.3 is 4.42 Å². The van der Waals surface area contributed by atoms with Crippen LogP contribution < -0.4 is 0 Å². The molecule has 6 aromatic rings. The first kappa shape index (κ1) is 19.7. The molecule has 0 radical (unpaired) electrons. The van der Waals surface area contributed by atoms with E-state index in [2.05, 4.69) is 49.6 Å². The maximum atomic E-state index is 13.9. The van der Waals surface area contributed by atoms with Gasteiger partial charge >= 0.3 is 0 Å². The molecule has 3 aromatic heterocycles. The van der Waals surface area contributed by atoms with Crippen molar-refractivity contribution in [3.63, 3.8) is 0 Å². The minimum Gasteiger partial charge on any atom is -0.455 e. The van der Waals surface area contributed by atoms with Crippen LogP contribution >= 0.6 is 0 Å². The van der Waals surface area contributed by atoms with E-state index in [-0.39, 0.29) is 11.2 Å². The number of aromatic nitrogens is 3. The average Bonchev–Trinajstić information content (AvgIpc) is 3.36. The third-order valence-corrected chi connectivity index (χ3v) is 6.00. The first-order chi connectivity index (χ1) is 15.9. The first-order valence-electron chi connectivity index (χ1n) is 11.0. The summed E-state index contributed by atoms with van der Waals surface area (Å²) in [5.74, 6) is 0.415. The zero-order chi connectivity index (χ0) is 22.7. The molecule has 0 spiro atoms. The second-order valence-corrected chi connectivity index (χ2v) is 9.32. The van der Waals surface area contributed by atoms with E-state index < -0.39 is 0 Å². The Hall–Kier alpha value is -3.99. The van der Waals surface area contributed by atoms with Gasteiger partial charge in [0.25, 0.3) is 0 Å².